The highest BCUT2D eigenvalue weighted by atomic mass is 35.5. The van der Waals surface area contributed by atoms with Crippen molar-refractivity contribution in [2.45, 2.75) is 25.6 Å². The Kier molecular flexibility index (Phi) is 8.50. The van der Waals surface area contributed by atoms with Crippen LogP contribution in [0.1, 0.15) is 24.2 Å². The lowest BCUT2D eigenvalue weighted by molar-refractivity contribution is -0.660. The molecule has 0 spiro atoms. The van der Waals surface area contributed by atoms with Gasteiger partial charge >= 0.3 is 0 Å². The SMILES string of the molecule is C[C@@H](OC[C@H](O)C[NH2+]CCc1ccc(Cl)cc1Cl)c1ccc(Cl)cc1. The van der Waals surface area contributed by atoms with Crippen LogP contribution < -0.4 is 5.32 Å². The molecule has 0 heterocycles. The van der Waals surface area contributed by atoms with E-state index >= 15 is 0 Å². The van der Waals surface area contributed by atoms with E-state index in [0.29, 0.717) is 28.2 Å². The van der Waals surface area contributed by atoms with Crippen molar-refractivity contribution < 1.29 is 15.2 Å². The fourth-order valence-corrected chi connectivity index (χ4v) is 3.07. The van der Waals surface area contributed by atoms with Crippen LogP contribution in [0.15, 0.2) is 42.5 Å². The summed E-state index contributed by atoms with van der Waals surface area (Å²) in [4.78, 5) is 0. The van der Waals surface area contributed by atoms with Crippen molar-refractivity contribution in [1.82, 2.24) is 0 Å². The quantitative estimate of drug-likeness (QED) is 0.624. The minimum atomic E-state index is -0.518. The molecule has 6 heteroatoms. The van der Waals surface area contributed by atoms with Crippen molar-refractivity contribution >= 4 is 34.8 Å². The highest BCUT2D eigenvalue weighted by molar-refractivity contribution is 6.35. The van der Waals surface area contributed by atoms with Gasteiger partial charge < -0.3 is 15.2 Å². The summed E-state index contributed by atoms with van der Waals surface area (Å²) in [6.45, 7) is 3.67. The van der Waals surface area contributed by atoms with Crippen molar-refractivity contribution in [1.29, 1.82) is 0 Å². The Bertz CT molecular complexity index is 664. The number of ether oxygens (including phenoxy) is 1. The maximum absolute atomic E-state index is 10.1. The third-order valence-electron chi connectivity index (χ3n) is 3.95. The van der Waals surface area contributed by atoms with Gasteiger partial charge in [-0.3, -0.25) is 0 Å². The number of nitrogens with two attached hydrogens (primary N) is 1. The summed E-state index contributed by atoms with van der Waals surface area (Å²) in [5.74, 6) is 0. The average Bonchev–Trinajstić information content (AvgIpc) is 2.58. The predicted octanol–water partition coefficient (Wildman–Crippen LogP) is 3.89. The molecule has 2 rings (SSSR count). The van der Waals surface area contributed by atoms with Crippen LogP contribution >= 0.6 is 34.8 Å². The van der Waals surface area contributed by atoms with Crippen LogP contribution in [0.2, 0.25) is 15.1 Å². The smallest absolute Gasteiger partial charge is 0.126 e. The summed E-state index contributed by atoms with van der Waals surface area (Å²) in [5, 5.41) is 14.1. The number of halogens is 3. The van der Waals surface area contributed by atoms with E-state index < -0.39 is 6.10 Å². The Morgan fingerprint density at radius 2 is 1.72 bits per heavy atom. The van der Waals surface area contributed by atoms with Gasteiger partial charge in [-0.25, -0.2) is 0 Å². The van der Waals surface area contributed by atoms with Crippen LogP contribution in [-0.2, 0) is 11.2 Å². The maximum atomic E-state index is 10.1. The van der Waals surface area contributed by atoms with Gasteiger partial charge in [0.25, 0.3) is 0 Å². The second kappa shape index (κ2) is 10.4. The fourth-order valence-electron chi connectivity index (χ4n) is 2.45. The van der Waals surface area contributed by atoms with Gasteiger partial charge in [0.2, 0.25) is 0 Å². The lowest BCUT2D eigenvalue weighted by Gasteiger charge is -2.16. The van der Waals surface area contributed by atoms with E-state index in [1.54, 1.807) is 6.07 Å². The van der Waals surface area contributed by atoms with E-state index in [2.05, 4.69) is 5.32 Å². The van der Waals surface area contributed by atoms with Gasteiger partial charge in [-0.15, -0.1) is 0 Å². The van der Waals surface area contributed by atoms with Gasteiger partial charge in [-0.2, -0.15) is 0 Å². The van der Waals surface area contributed by atoms with Crippen LogP contribution in [-0.4, -0.2) is 30.9 Å². The molecular formula is C19H23Cl3NO2+. The van der Waals surface area contributed by atoms with E-state index in [1.165, 1.54) is 0 Å². The molecule has 0 amide bonds. The van der Waals surface area contributed by atoms with E-state index in [9.17, 15) is 5.11 Å². The third kappa shape index (κ3) is 7.14. The van der Waals surface area contributed by atoms with E-state index in [1.807, 2.05) is 43.3 Å². The molecule has 0 radical (unpaired) electrons. The molecule has 0 saturated heterocycles. The van der Waals surface area contributed by atoms with Crippen molar-refractivity contribution in [3.8, 4) is 0 Å². The number of aliphatic hydroxyl groups is 1. The van der Waals surface area contributed by atoms with Crippen molar-refractivity contribution in [3.63, 3.8) is 0 Å². The molecule has 2 aromatic carbocycles. The number of hydrogen-bond donors (Lipinski definition) is 2. The first-order valence-corrected chi connectivity index (χ1v) is 9.40. The molecule has 0 aromatic heterocycles. The number of rotatable bonds is 9. The summed E-state index contributed by atoms with van der Waals surface area (Å²) in [6, 6.07) is 13.1. The Balaban J connectivity index is 1.65. The van der Waals surface area contributed by atoms with Crippen molar-refractivity contribution in [2.24, 2.45) is 0 Å². The molecule has 0 fully saturated rings. The van der Waals surface area contributed by atoms with Crippen molar-refractivity contribution in [2.75, 3.05) is 19.7 Å². The highest BCUT2D eigenvalue weighted by Gasteiger charge is 2.11. The molecule has 2 atom stereocenters. The maximum Gasteiger partial charge on any atom is 0.126 e. The highest BCUT2D eigenvalue weighted by Crippen LogP contribution is 2.21. The first kappa shape index (κ1) is 20.5. The molecule has 0 bridgehead atoms. The molecule has 3 nitrogen and oxygen atoms in total. The van der Waals surface area contributed by atoms with E-state index in [4.69, 9.17) is 39.5 Å². The standard InChI is InChI=1S/C19H22Cl3NO2/c1-13(14-2-5-16(20)6-3-14)25-12-18(24)11-23-9-8-15-4-7-17(21)10-19(15)22/h2-7,10,13,18,23-24H,8-9,11-12H2,1H3/p+1/t13-,18-/m1/s1. The molecular weight excluding hydrogens is 381 g/mol. The predicted molar refractivity (Wildman–Crippen MR) is 104 cm³/mol. The van der Waals surface area contributed by atoms with Gasteiger partial charge in [0.05, 0.1) is 19.3 Å². The zero-order valence-corrected chi connectivity index (χ0v) is 16.4. The number of hydrogen-bond acceptors (Lipinski definition) is 2. The molecule has 136 valence electrons. The summed E-state index contributed by atoms with van der Waals surface area (Å²) >= 11 is 17.9. The largest absolute Gasteiger partial charge is 0.385 e. The normalized spacial score (nSPS) is 13.6. The molecule has 3 N–H and O–H groups in total. The number of quaternary nitrogens is 1. The van der Waals surface area contributed by atoms with Crippen LogP contribution in [0.5, 0.6) is 0 Å². The molecule has 0 unspecified atom stereocenters. The third-order valence-corrected chi connectivity index (χ3v) is 4.79. The first-order valence-electron chi connectivity index (χ1n) is 8.26. The second-order valence-electron chi connectivity index (χ2n) is 5.98. The zero-order valence-electron chi connectivity index (χ0n) is 14.1. The molecule has 0 saturated carbocycles. The van der Waals surface area contributed by atoms with Crippen LogP contribution in [0.3, 0.4) is 0 Å². The first-order chi connectivity index (χ1) is 12.0. The minimum absolute atomic E-state index is 0.0835. The minimum Gasteiger partial charge on any atom is -0.385 e. The van der Waals surface area contributed by atoms with Crippen LogP contribution in [0, 0.1) is 0 Å². The zero-order chi connectivity index (χ0) is 18.2. The second-order valence-corrected chi connectivity index (χ2v) is 7.26. The van der Waals surface area contributed by atoms with E-state index in [-0.39, 0.29) is 6.10 Å². The topological polar surface area (TPSA) is 46.1 Å². The van der Waals surface area contributed by atoms with Crippen LogP contribution in [0.4, 0.5) is 0 Å². The van der Waals surface area contributed by atoms with Crippen LogP contribution in [0.25, 0.3) is 0 Å². The van der Waals surface area contributed by atoms with Gasteiger partial charge in [0, 0.05) is 21.5 Å². The number of aliphatic hydroxyl groups excluding tert-OH is 1. The Labute approximate surface area is 163 Å². The van der Waals surface area contributed by atoms with E-state index in [0.717, 1.165) is 24.1 Å². The summed E-state index contributed by atoms with van der Waals surface area (Å²) < 4.78 is 5.73. The summed E-state index contributed by atoms with van der Waals surface area (Å²) in [6.07, 6.45) is 0.223. The molecule has 0 aliphatic heterocycles. The lowest BCUT2D eigenvalue weighted by Crippen LogP contribution is -2.87. The Morgan fingerprint density at radius 3 is 2.40 bits per heavy atom. The van der Waals surface area contributed by atoms with Gasteiger partial charge in [0.15, 0.2) is 0 Å². The van der Waals surface area contributed by atoms with Gasteiger partial charge in [-0.1, -0.05) is 53.0 Å². The Hall–Kier alpha value is -0.810. The van der Waals surface area contributed by atoms with Gasteiger partial charge in [0.1, 0.15) is 12.6 Å². The summed E-state index contributed by atoms with van der Waals surface area (Å²) in [5.41, 5.74) is 2.10. The monoisotopic (exact) mass is 402 g/mol. The van der Waals surface area contributed by atoms with Gasteiger partial charge in [-0.05, 0) is 42.3 Å². The average molecular weight is 404 g/mol. The summed E-state index contributed by atoms with van der Waals surface area (Å²) in [7, 11) is 0. The fraction of sp³-hybridized carbons (Fsp3) is 0.368. The molecule has 25 heavy (non-hydrogen) atoms. The molecule has 0 aliphatic carbocycles. The Morgan fingerprint density at radius 1 is 1.04 bits per heavy atom. The molecule has 2 aromatic rings. The molecule has 0 aliphatic rings. The van der Waals surface area contributed by atoms with Crippen molar-refractivity contribution in [3.05, 3.63) is 68.7 Å². The number of benzene rings is 2. The lowest BCUT2D eigenvalue weighted by atomic mass is 10.1.